The fraction of sp³-hybridized carbons (Fsp3) is 0.375. The second-order valence-electron chi connectivity index (χ2n) is 10.7. The lowest BCUT2D eigenvalue weighted by Crippen LogP contribution is -2.52. The molecule has 0 aromatic heterocycles. The Kier molecular flexibility index (Phi) is 11.0. The van der Waals surface area contributed by atoms with E-state index >= 15 is 0 Å². The highest BCUT2D eigenvalue weighted by atomic mass is 35.5. The summed E-state index contributed by atoms with van der Waals surface area (Å²) >= 11 is 6.43. The van der Waals surface area contributed by atoms with Crippen LogP contribution >= 0.6 is 11.6 Å². The first-order valence-electron chi connectivity index (χ1n) is 13.9. The number of hydrogen-bond acceptors (Lipinski definition) is 4. The molecule has 41 heavy (non-hydrogen) atoms. The number of rotatable bonds is 12. The van der Waals surface area contributed by atoms with E-state index in [1.54, 1.807) is 55.5 Å². The molecule has 9 heteroatoms. The van der Waals surface area contributed by atoms with Crippen LogP contribution < -0.4 is 9.62 Å². The Hall–Kier alpha value is -3.36. The Balaban J connectivity index is 2.05. The Morgan fingerprint density at radius 3 is 2.07 bits per heavy atom. The maximum absolute atomic E-state index is 14.0. The molecule has 1 N–H and O–H groups in total. The quantitative estimate of drug-likeness (QED) is 0.265. The molecule has 3 rings (SSSR count). The number of nitrogens with one attached hydrogen (secondary N) is 1. The number of amides is 2. The number of aryl methyl sites for hydroxylation is 1. The number of carbonyl (C=O) groups excluding carboxylic acids is 2. The Bertz CT molecular complexity index is 1440. The van der Waals surface area contributed by atoms with Crippen LogP contribution in [-0.4, -0.2) is 43.8 Å². The minimum Gasteiger partial charge on any atom is -0.352 e. The summed E-state index contributed by atoms with van der Waals surface area (Å²) in [7, 11) is -4.12. The van der Waals surface area contributed by atoms with Crippen molar-refractivity contribution in [3.05, 3.63) is 94.5 Å². The smallest absolute Gasteiger partial charge is 0.264 e. The van der Waals surface area contributed by atoms with Gasteiger partial charge in [0.05, 0.1) is 10.6 Å². The van der Waals surface area contributed by atoms with Gasteiger partial charge in [-0.2, -0.15) is 0 Å². The molecule has 0 aliphatic carbocycles. The first-order valence-corrected chi connectivity index (χ1v) is 15.7. The molecule has 0 heterocycles. The second kappa shape index (κ2) is 14.0. The van der Waals surface area contributed by atoms with Crippen LogP contribution in [0.3, 0.4) is 0 Å². The minimum atomic E-state index is -4.12. The molecule has 0 unspecified atom stereocenters. The molecule has 0 aliphatic heterocycles. The first-order chi connectivity index (χ1) is 19.3. The molecule has 220 valence electrons. The van der Waals surface area contributed by atoms with Gasteiger partial charge in [0.1, 0.15) is 12.6 Å². The van der Waals surface area contributed by atoms with E-state index in [-0.39, 0.29) is 29.3 Å². The van der Waals surface area contributed by atoms with Gasteiger partial charge in [-0.05, 0) is 74.6 Å². The zero-order valence-electron chi connectivity index (χ0n) is 24.6. The molecule has 0 spiro atoms. The largest absolute Gasteiger partial charge is 0.352 e. The van der Waals surface area contributed by atoms with Gasteiger partial charge in [0, 0.05) is 17.6 Å². The predicted octanol–water partition coefficient (Wildman–Crippen LogP) is 6.30. The number of hydrogen-bond donors (Lipinski definition) is 1. The average Bonchev–Trinajstić information content (AvgIpc) is 2.95. The summed E-state index contributed by atoms with van der Waals surface area (Å²) in [6, 6.07) is 19.8. The number of nitrogens with zero attached hydrogens (tertiary/aromatic N) is 2. The molecular formula is C32H40ClN3O4S. The Morgan fingerprint density at radius 1 is 0.902 bits per heavy atom. The topological polar surface area (TPSA) is 86.8 Å². The Morgan fingerprint density at radius 2 is 1.51 bits per heavy atom. The average molecular weight is 598 g/mol. The third-order valence-electron chi connectivity index (χ3n) is 7.20. The van der Waals surface area contributed by atoms with Crippen molar-refractivity contribution in [3.63, 3.8) is 0 Å². The zero-order valence-corrected chi connectivity index (χ0v) is 26.2. The normalized spacial score (nSPS) is 13.0. The van der Waals surface area contributed by atoms with Crippen molar-refractivity contribution in [2.75, 3.05) is 10.8 Å². The van der Waals surface area contributed by atoms with Crippen LogP contribution in [0.1, 0.15) is 63.6 Å². The number of anilines is 1. The van der Waals surface area contributed by atoms with Crippen molar-refractivity contribution in [2.24, 2.45) is 0 Å². The van der Waals surface area contributed by atoms with E-state index in [9.17, 15) is 18.0 Å². The number of sulfonamides is 1. The molecule has 0 aliphatic rings. The maximum Gasteiger partial charge on any atom is 0.264 e. The number of benzene rings is 3. The van der Waals surface area contributed by atoms with Gasteiger partial charge in [0.2, 0.25) is 11.8 Å². The van der Waals surface area contributed by atoms with Gasteiger partial charge < -0.3 is 10.2 Å². The monoisotopic (exact) mass is 597 g/mol. The van der Waals surface area contributed by atoms with E-state index in [0.717, 1.165) is 21.9 Å². The minimum absolute atomic E-state index is 0.0400. The predicted molar refractivity (Wildman–Crippen MR) is 166 cm³/mol. The summed E-state index contributed by atoms with van der Waals surface area (Å²) in [6.45, 7) is 11.0. The van der Waals surface area contributed by atoms with Crippen LogP contribution in [-0.2, 0) is 26.2 Å². The van der Waals surface area contributed by atoms with Crippen molar-refractivity contribution in [3.8, 4) is 0 Å². The zero-order chi connectivity index (χ0) is 30.3. The van der Waals surface area contributed by atoms with Gasteiger partial charge in [0.25, 0.3) is 10.0 Å². The highest BCUT2D eigenvalue weighted by molar-refractivity contribution is 7.92. The fourth-order valence-electron chi connectivity index (χ4n) is 4.25. The number of carbonyl (C=O) groups is 2. The summed E-state index contributed by atoms with van der Waals surface area (Å²) in [5.74, 6) is -0.599. The second-order valence-corrected chi connectivity index (χ2v) is 12.9. The summed E-state index contributed by atoms with van der Waals surface area (Å²) in [5.41, 5.74) is 2.97. The van der Waals surface area contributed by atoms with Crippen LogP contribution in [0.25, 0.3) is 0 Å². The molecule has 0 radical (unpaired) electrons. The summed E-state index contributed by atoms with van der Waals surface area (Å²) in [4.78, 5) is 28.7. The van der Waals surface area contributed by atoms with E-state index in [1.165, 1.54) is 17.0 Å². The fourth-order valence-corrected chi connectivity index (χ4v) is 5.86. The molecular weight excluding hydrogens is 558 g/mol. The van der Waals surface area contributed by atoms with Gasteiger partial charge in [0.15, 0.2) is 0 Å². The third-order valence-corrected chi connectivity index (χ3v) is 9.36. The summed E-state index contributed by atoms with van der Waals surface area (Å²) < 4.78 is 29.1. The van der Waals surface area contributed by atoms with Crippen LogP contribution in [0.2, 0.25) is 5.02 Å². The van der Waals surface area contributed by atoms with Crippen molar-refractivity contribution in [2.45, 2.75) is 77.4 Å². The number of halogens is 1. The first kappa shape index (κ1) is 32.2. The van der Waals surface area contributed by atoms with Crippen molar-refractivity contribution < 1.29 is 18.0 Å². The van der Waals surface area contributed by atoms with Crippen LogP contribution in [0.5, 0.6) is 0 Å². The lowest BCUT2D eigenvalue weighted by Gasteiger charge is -2.32. The molecule has 7 nitrogen and oxygen atoms in total. The van der Waals surface area contributed by atoms with Gasteiger partial charge in [-0.15, -0.1) is 0 Å². The van der Waals surface area contributed by atoms with E-state index < -0.39 is 28.5 Å². The lowest BCUT2D eigenvalue weighted by molar-refractivity contribution is -0.139. The highest BCUT2D eigenvalue weighted by Gasteiger charge is 2.33. The van der Waals surface area contributed by atoms with Gasteiger partial charge >= 0.3 is 0 Å². The van der Waals surface area contributed by atoms with Gasteiger partial charge in [-0.25, -0.2) is 8.42 Å². The molecule has 3 aromatic carbocycles. The van der Waals surface area contributed by atoms with E-state index in [0.29, 0.717) is 16.3 Å². The van der Waals surface area contributed by atoms with Crippen molar-refractivity contribution in [1.29, 1.82) is 0 Å². The molecule has 2 atom stereocenters. The molecule has 3 aromatic rings. The molecule has 0 saturated carbocycles. The maximum atomic E-state index is 14.0. The van der Waals surface area contributed by atoms with E-state index in [1.807, 2.05) is 32.9 Å². The SMILES string of the molecule is CC[C@H](C)NC(=O)[C@H](C)N(Cc1ccccc1Cl)C(=O)CN(c1ccc(C(C)C)cc1)S(=O)(=O)c1ccc(C)cc1. The molecule has 0 saturated heterocycles. The van der Waals surface area contributed by atoms with Crippen LogP contribution in [0, 0.1) is 6.92 Å². The highest BCUT2D eigenvalue weighted by Crippen LogP contribution is 2.27. The Labute approximate surface area is 249 Å². The van der Waals surface area contributed by atoms with Gasteiger partial charge in [-0.1, -0.05) is 80.4 Å². The standard InChI is InChI=1S/C32H40ClN3O4S/c1-7-24(5)34-32(38)25(6)35(20-27-10-8-9-11-30(27)33)31(37)21-36(28-16-14-26(15-17-28)22(2)3)41(39,40)29-18-12-23(4)13-19-29/h8-19,22,24-25H,7,20-21H2,1-6H3,(H,34,38)/t24-,25-/m0/s1. The van der Waals surface area contributed by atoms with Crippen molar-refractivity contribution in [1.82, 2.24) is 10.2 Å². The molecule has 2 amide bonds. The molecule has 0 bridgehead atoms. The van der Waals surface area contributed by atoms with E-state index in [4.69, 9.17) is 11.6 Å². The van der Waals surface area contributed by atoms with Crippen LogP contribution in [0.15, 0.2) is 77.7 Å². The lowest BCUT2D eigenvalue weighted by atomic mass is 10.0. The van der Waals surface area contributed by atoms with Gasteiger partial charge in [-0.3, -0.25) is 13.9 Å². The molecule has 0 fully saturated rings. The third kappa shape index (κ3) is 8.11. The summed E-state index contributed by atoms with van der Waals surface area (Å²) in [6.07, 6.45) is 0.728. The van der Waals surface area contributed by atoms with Crippen molar-refractivity contribution >= 4 is 39.1 Å². The summed E-state index contributed by atoms with van der Waals surface area (Å²) in [5, 5.41) is 3.38. The van der Waals surface area contributed by atoms with E-state index in [2.05, 4.69) is 19.2 Å². The van der Waals surface area contributed by atoms with Crippen LogP contribution in [0.4, 0.5) is 5.69 Å².